The summed E-state index contributed by atoms with van der Waals surface area (Å²) in [6.07, 6.45) is -0.975. The predicted octanol–water partition coefficient (Wildman–Crippen LogP) is 5.40. The third kappa shape index (κ3) is 4.86. The molecule has 3 atom stereocenters. The molecule has 8 nitrogen and oxygen atoms in total. The number of benzene rings is 4. The first-order valence-corrected chi connectivity index (χ1v) is 13.5. The average Bonchev–Trinajstić information content (AvgIpc) is 3.16. The Kier molecular flexibility index (Phi) is 8.20. The van der Waals surface area contributed by atoms with Crippen LogP contribution < -0.4 is 28.4 Å². The molecule has 0 fully saturated rings. The Hall–Kier alpha value is -4.40. The van der Waals surface area contributed by atoms with Crippen LogP contribution in [0.3, 0.4) is 0 Å². The highest BCUT2D eigenvalue weighted by atomic mass is 16.5. The van der Waals surface area contributed by atoms with Crippen molar-refractivity contribution >= 4 is 0 Å². The third-order valence-electron chi connectivity index (χ3n) is 8.09. The van der Waals surface area contributed by atoms with Crippen LogP contribution in [0.5, 0.6) is 34.5 Å². The highest BCUT2D eigenvalue weighted by Crippen LogP contribution is 2.56. The van der Waals surface area contributed by atoms with Gasteiger partial charge in [-0.25, -0.2) is 0 Å². The van der Waals surface area contributed by atoms with Crippen LogP contribution >= 0.6 is 0 Å². The van der Waals surface area contributed by atoms with Gasteiger partial charge in [-0.3, -0.25) is 0 Å². The van der Waals surface area contributed by atoms with Crippen molar-refractivity contribution in [3.8, 4) is 34.5 Å². The molecule has 0 spiro atoms. The smallest absolute Gasteiger partial charge is 0.149 e. The van der Waals surface area contributed by atoms with E-state index in [-0.39, 0.29) is 5.92 Å². The minimum atomic E-state index is -2.00. The summed E-state index contributed by atoms with van der Waals surface area (Å²) in [6, 6.07) is 21.9. The predicted molar refractivity (Wildman–Crippen MR) is 159 cm³/mol. The number of rotatable bonds is 9. The van der Waals surface area contributed by atoms with Crippen molar-refractivity contribution in [1.29, 1.82) is 0 Å². The van der Waals surface area contributed by atoms with Crippen LogP contribution in [-0.2, 0) is 12.0 Å². The van der Waals surface area contributed by atoms with Crippen LogP contribution in [0.4, 0.5) is 0 Å². The fourth-order valence-corrected chi connectivity index (χ4v) is 5.97. The van der Waals surface area contributed by atoms with Crippen molar-refractivity contribution in [2.75, 3.05) is 42.7 Å². The van der Waals surface area contributed by atoms with Gasteiger partial charge in [0.1, 0.15) is 46.2 Å². The van der Waals surface area contributed by atoms with Gasteiger partial charge in [-0.2, -0.15) is 0 Å². The Morgan fingerprint density at radius 2 is 1.17 bits per heavy atom. The summed E-state index contributed by atoms with van der Waals surface area (Å²) in [4.78, 5) is 0. The van der Waals surface area contributed by atoms with Crippen molar-refractivity contribution in [1.82, 2.24) is 0 Å². The molecule has 0 saturated carbocycles. The van der Waals surface area contributed by atoms with E-state index < -0.39 is 11.7 Å². The van der Waals surface area contributed by atoms with Gasteiger partial charge >= 0.3 is 0 Å². The topological polar surface area (TPSA) is 95.8 Å². The lowest BCUT2D eigenvalue weighted by molar-refractivity contribution is -0.0536. The maximum Gasteiger partial charge on any atom is 0.149 e. The number of hydrogen-bond acceptors (Lipinski definition) is 8. The largest absolute Gasteiger partial charge is 0.497 e. The van der Waals surface area contributed by atoms with E-state index in [0.717, 1.165) is 22.4 Å². The SMILES string of the molecule is COc1ccc(C(O)[C@]2(O)c3cc(OC)cc(OC)c3[C@H](c3ccc(OC)cc3)Cc3cc(OC)cc(OC)c32)cc1. The molecule has 1 aliphatic rings. The summed E-state index contributed by atoms with van der Waals surface area (Å²) in [5, 5.41) is 25.3. The second-order valence-corrected chi connectivity index (χ2v) is 10.1. The normalized spacial score (nSPS) is 18.1. The zero-order chi connectivity index (χ0) is 30.0. The molecule has 8 heteroatoms. The molecule has 0 saturated heterocycles. The maximum absolute atomic E-state index is 13.1. The first kappa shape index (κ1) is 29.1. The van der Waals surface area contributed by atoms with Gasteiger partial charge < -0.3 is 38.6 Å². The number of aliphatic hydroxyl groups is 2. The zero-order valence-corrected chi connectivity index (χ0v) is 24.6. The van der Waals surface area contributed by atoms with Crippen LogP contribution in [0.2, 0.25) is 0 Å². The second kappa shape index (κ2) is 11.8. The van der Waals surface area contributed by atoms with E-state index in [9.17, 15) is 10.2 Å². The second-order valence-electron chi connectivity index (χ2n) is 10.1. The molecule has 0 amide bonds. The van der Waals surface area contributed by atoms with Gasteiger partial charge in [-0.1, -0.05) is 24.3 Å². The molecule has 4 aromatic carbocycles. The summed E-state index contributed by atoms with van der Waals surface area (Å²) in [7, 11) is 9.46. The lowest BCUT2D eigenvalue weighted by atomic mass is 9.75. The molecular weight excluding hydrogens is 536 g/mol. The van der Waals surface area contributed by atoms with Gasteiger partial charge in [0.15, 0.2) is 0 Å². The molecule has 42 heavy (non-hydrogen) atoms. The monoisotopic (exact) mass is 572 g/mol. The highest BCUT2D eigenvalue weighted by molar-refractivity contribution is 5.64. The van der Waals surface area contributed by atoms with Gasteiger partial charge in [0.2, 0.25) is 0 Å². The lowest BCUT2D eigenvalue weighted by Gasteiger charge is -2.37. The fourth-order valence-electron chi connectivity index (χ4n) is 5.97. The number of methoxy groups -OCH3 is 6. The van der Waals surface area contributed by atoms with E-state index in [0.29, 0.717) is 51.9 Å². The van der Waals surface area contributed by atoms with Gasteiger partial charge in [0.25, 0.3) is 0 Å². The molecular formula is C34H36O8. The Morgan fingerprint density at radius 3 is 1.71 bits per heavy atom. The molecule has 0 bridgehead atoms. The Bertz CT molecular complexity index is 1550. The van der Waals surface area contributed by atoms with E-state index in [4.69, 9.17) is 28.4 Å². The van der Waals surface area contributed by atoms with Crippen molar-refractivity contribution in [2.24, 2.45) is 0 Å². The molecule has 4 aromatic rings. The molecule has 220 valence electrons. The van der Waals surface area contributed by atoms with Gasteiger partial charge in [0.05, 0.1) is 42.7 Å². The van der Waals surface area contributed by atoms with Crippen LogP contribution in [-0.4, -0.2) is 52.9 Å². The van der Waals surface area contributed by atoms with E-state index in [1.165, 1.54) is 7.11 Å². The molecule has 0 heterocycles. The van der Waals surface area contributed by atoms with E-state index in [2.05, 4.69) is 0 Å². The van der Waals surface area contributed by atoms with Crippen LogP contribution in [0.25, 0.3) is 0 Å². The van der Waals surface area contributed by atoms with Gasteiger partial charge in [-0.15, -0.1) is 0 Å². The molecule has 1 unspecified atom stereocenters. The quantitative estimate of drug-likeness (QED) is 0.276. The fraction of sp³-hybridized carbons (Fsp3) is 0.294. The van der Waals surface area contributed by atoms with Crippen LogP contribution in [0, 0.1) is 0 Å². The van der Waals surface area contributed by atoms with E-state index >= 15 is 0 Å². The third-order valence-corrected chi connectivity index (χ3v) is 8.09. The highest BCUT2D eigenvalue weighted by Gasteiger charge is 2.49. The van der Waals surface area contributed by atoms with Crippen molar-refractivity contribution in [3.05, 3.63) is 106 Å². The first-order chi connectivity index (χ1) is 20.3. The van der Waals surface area contributed by atoms with E-state index in [1.54, 1.807) is 78.0 Å². The summed E-state index contributed by atoms with van der Waals surface area (Å²) in [6.45, 7) is 0. The minimum absolute atomic E-state index is 0.292. The van der Waals surface area contributed by atoms with Crippen molar-refractivity contribution < 1.29 is 38.6 Å². The average molecular weight is 573 g/mol. The Morgan fingerprint density at radius 1 is 0.643 bits per heavy atom. The van der Waals surface area contributed by atoms with Crippen molar-refractivity contribution in [2.45, 2.75) is 24.0 Å². The summed E-state index contributed by atoms with van der Waals surface area (Å²) in [5.74, 6) is 2.99. The molecule has 0 aliphatic heterocycles. The minimum Gasteiger partial charge on any atom is -0.497 e. The molecule has 2 N–H and O–H groups in total. The number of ether oxygens (including phenoxy) is 6. The Balaban J connectivity index is 1.90. The molecule has 0 aromatic heterocycles. The maximum atomic E-state index is 13.1. The molecule has 0 radical (unpaired) electrons. The van der Waals surface area contributed by atoms with E-state index in [1.807, 2.05) is 30.3 Å². The standard InChI is InChI=1S/C34H36O8/c1-37-23-11-7-20(8-12-23)27-16-22-15-25(39-3)19-30(42-6)32(22)34(36,33(35)21-9-13-24(38-2)14-10-21)28-17-26(40-4)18-29(41-5)31(27)28/h7-15,17-19,27,33,35-36H,16H2,1-6H3/t27-,33?,34-/m0/s1. The summed E-state index contributed by atoms with van der Waals surface area (Å²) in [5.41, 5.74) is 1.79. The Labute approximate surface area is 246 Å². The number of hydrogen-bond donors (Lipinski definition) is 2. The van der Waals surface area contributed by atoms with Crippen LogP contribution in [0.15, 0.2) is 72.8 Å². The van der Waals surface area contributed by atoms with Gasteiger partial charge in [0, 0.05) is 34.7 Å². The molecule has 5 rings (SSSR count). The van der Waals surface area contributed by atoms with Crippen LogP contribution in [0.1, 0.15) is 45.4 Å². The van der Waals surface area contributed by atoms with Crippen molar-refractivity contribution in [3.63, 3.8) is 0 Å². The lowest BCUT2D eigenvalue weighted by Crippen LogP contribution is -2.36. The number of fused-ring (bicyclic) bond motifs is 2. The first-order valence-electron chi connectivity index (χ1n) is 13.5. The summed E-state index contributed by atoms with van der Waals surface area (Å²) >= 11 is 0. The zero-order valence-electron chi connectivity index (χ0n) is 24.6. The number of aliphatic hydroxyl groups excluding tert-OH is 1. The summed E-state index contributed by atoms with van der Waals surface area (Å²) < 4.78 is 33.9. The van der Waals surface area contributed by atoms with Gasteiger partial charge in [-0.05, 0) is 59.5 Å². The molecule has 1 aliphatic carbocycles.